The maximum absolute atomic E-state index is 12.5. The Hall–Kier alpha value is -2.67. The number of nitrogens with zero attached hydrogens (tertiary/aromatic N) is 1. The van der Waals surface area contributed by atoms with Gasteiger partial charge in [-0.15, -0.1) is 0 Å². The fourth-order valence-electron chi connectivity index (χ4n) is 3.46. The van der Waals surface area contributed by atoms with Crippen molar-refractivity contribution in [2.24, 2.45) is 11.8 Å². The molecule has 7 nitrogen and oxygen atoms in total. The topological polar surface area (TPSA) is 92.8 Å². The number of amides is 3. The highest BCUT2D eigenvalue weighted by Gasteiger charge is 2.50. The van der Waals surface area contributed by atoms with Crippen LogP contribution in [0.3, 0.4) is 0 Å². The molecule has 2 aliphatic rings. The van der Waals surface area contributed by atoms with Crippen molar-refractivity contribution in [1.82, 2.24) is 10.2 Å². The van der Waals surface area contributed by atoms with Crippen LogP contribution in [-0.4, -0.2) is 41.2 Å². The Balaban J connectivity index is 1.50. The van der Waals surface area contributed by atoms with Crippen LogP contribution in [0.1, 0.15) is 25.3 Å². The van der Waals surface area contributed by atoms with E-state index in [0.29, 0.717) is 17.9 Å². The van der Waals surface area contributed by atoms with Crippen molar-refractivity contribution in [2.75, 3.05) is 6.61 Å². The van der Waals surface area contributed by atoms with Crippen molar-refractivity contribution in [3.8, 4) is 0 Å². The summed E-state index contributed by atoms with van der Waals surface area (Å²) >= 11 is 6.02. The molecule has 3 rings (SSSR count). The average molecular weight is 405 g/mol. The number of esters is 1. The Bertz CT molecular complexity index is 812. The smallest absolute Gasteiger partial charge is 0.329 e. The molecule has 28 heavy (non-hydrogen) atoms. The van der Waals surface area contributed by atoms with Crippen LogP contribution in [0.2, 0.25) is 5.02 Å². The van der Waals surface area contributed by atoms with E-state index in [0.717, 1.165) is 10.5 Å². The number of carbonyl (C=O) groups excluding carboxylic acids is 4. The Kier molecular flexibility index (Phi) is 6.14. The first-order valence-corrected chi connectivity index (χ1v) is 9.46. The summed E-state index contributed by atoms with van der Waals surface area (Å²) in [5.74, 6) is -2.82. The van der Waals surface area contributed by atoms with Gasteiger partial charge in [0.2, 0.25) is 11.8 Å². The number of ether oxygens (including phenoxy) is 1. The Morgan fingerprint density at radius 2 is 1.79 bits per heavy atom. The van der Waals surface area contributed by atoms with Crippen molar-refractivity contribution in [3.63, 3.8) is 0 Å². The predicted molar refractivity (Wildman–Crippen MR) is 101 cm³/mol. The van der Waals surface area contributed by atoms with Gasteiger partial charge in [0.05, 0.1) is 11.8 Å². The van der Waals surface area contributed by atoms with E-state index >= 15 is 0 Å². The highest BCUT2D eigenvalue weighted by Crippen LogP contribution is 2.36. The molecular formula is C20H21ClN2O5. The molecule has 148 valence electrons. The summed E-state index contributed by atoms with van der Waals surface area (Å²) < 4.78 is 5.00. The van der Waals surface area contributed by atoms with E-state index in [1.807, 2.05) is 12.2 Å². The number of nitrogens with one attached hydrogen (secondary N) is 1. The zero-order valence-electron chi connectivity index (χ0n) is 15.4. The van der Waals surface area contributed by atoms with Gasteiger partial charge in [0.1, 0.15) is 6.04 Å². The van der Waals surface area contributed by atoms with Gasteiger partial charge in [-0.1, -0.05) is 42.0 Å². The van der Waals surface area contributed by atoms with E-state index in [9.17, 15) is 19.2 Å². The van der Waals surface area contributed by atoms with Crippen LogP contribution in [0.4, 0.5) is 0 Å². The summed E-state index contributed by atoms with van der Waals surface area (Å²) in [6.45, 7) is 1.13. The second kappa shape index (κ2) is 8.56. The van der Waals surface area contributed by atoms with Crippen LogP contribution in [0, 0.1) is 11.8 Å². The molecule has 0 radical (unpaired) electrons. The molecule has 1 aliphatic carbocycles. The van der Waals surface area contributed by atoms with Gasteiger partial charge >= 0.3 is 5.97 Å². The monoisotopic (exact) mass is 404 g/mol. The molecule has 1 saturated heterocycles. The van der Waals surface area contributed by atoms with E-state index < -0.39 is 36.4 Å². The molecule has 1 aromatic rings. The first-order chi connectivity index (χ1) is 13.4. The maximum atomic E-state index is 12.5. The summed E-state index contributed by atoms with van der Waals surface area (Å²) in [6, 6.07) is 6.00. The van der Waals surface area contributed by atoms with E-state index in [2.05, 4.69) is 5.32 Å². The molecule has 8 heteroatoms. The number of hydrogen-bond acceptors (Lipinski definition) is 5. The lowest BCUT2D eigenvalue weighted by atomic mass is 9.85. The van der Waals surface area contributed by atoms with Gasteiger partial charge in [-0.05, 0) is 31.4 Å². The summed E-state index contributed by atoms with van der Waals surface area (Å²) in [4.78, 5) is 50.2. The number of rotatable bonds is 6. The van der Waals surface area contributed by atoms with E-state index in [1.54, 1.807) is 24.3 Å². The van der Waals surface area contributed by atoms with Crippen molar-refractivity contribution in [2.45, 2.75) is 32.4 Å². The fraction of sp³-hybridized carbons (Fsp3) is 0.400. The van der Waals surface area contributed by atoms with Crippen LogP contribution in [0.5, 0.6) is 0 Å². The normalized spacial score (nSPS) is 22.0. The van der Waals surface area contributed by atoms with E-state index in [-0.39, 0.29) is 18.4 Å². The summed E-state index contributed by atoms with van der Waals surface area (Å²) in [6.07, 6.45) is 4.75. The summed E-state index contributed by atoms with van der Waals surface area (Å²) in [5, 5.41) is 3.13. The zero-order valence-corrected chi connectivity index (χ0v) is 16.1. The minimum atomic E-state index is -1.07. The number of benzene rings is 1. The molecule has 1 aromatic carbocycles. The fourth-order valence-corrected chi connectivity index (χ4v) is 3.66. The predicted octanol–water partition coefficient (Wildman–Crippen LogP) is 1.84. The third-order valence-corrected chi connectivity index (χ3v) is 5.42. The van der Waals surface area contributed by atoms with Crippen molar-refractivity contribution in [3.05, 3.63) is 47.0 Å². The molecule has 1 N–H and O–H groups in total. The molecule has 1 heterocycles. The Morgan fingerprint density at radius 3 is 2.39 bits per heavy atom. The molecule has 1 fully saturated rings. The van der Waals surface area contributed by atoms with Crippen LogP contribution >= 0.6 is 11.6 Å². The van der Waals surface area contributed by atoms with Crippen molar-refractivity contribution < 1.29 is 23.9 Å². The third kappa shape index (κ3) is 4.09. The maximum Gasteiger partial charge on any atom is 0.329 e. The molecule has 0 aromatic heterocycles. The second-order valence-corrected chi connectivity index (χ2v) is 7.26. The van der Waals surface area contributed by atoms with Crippen LogP contribution in [0.25, 0.3) is 0 Å². The first kappa shape index (κ1) is 20.1. The summed E-state index contributed by atoms with van der Waals surface area (Å²) in [5.41, 5.74) is 0.738. The van der Waals surface area contributed by atoms with Gasteiger partial charge in [-0.2, -0.15) is 0 Å². The second-order valence-electron chi connectivity index (χ2n) is 6.85. The summed E-state index contributed by atoms with van der Waals surface area (Å²) in [7, 11) is 0. The molecular weight excluding hydrogens is 384 g/mol. The highest BCUT2D eigenvalue weighted by molar-refractivity contribution is 6.31. The standard InChI is InChI=1S/C20H21ClN2O5/c1-12(23-18(25)14-7-3-4-8-15(14)19(23)26)20(27)28-11-17(24)22-10-13-6-2-5-9-16(13)21/h2-6,9,12,14-15H,7-8,10-11H2,1H3,(H,22,24)/t12-,14-,15+/m0/s1. The van der Waals surface area contributed by atoms with Gasteiger partial charge in [0.15, 0.2) is 6.61 Å². The Labute approximate surface area is 167 Å². The molecule has 0 bridgehead atoms. The first-order valence-electron chi connectivity index (χ1n) is 9.08. The number of carbonyl (C=O) groups is 4. The molecule has 0 unspecified atom stereocenters. The number of halogens is 1. The average Bonchev–Trinajstić information content (AvgIpc) is 2.95. The largest absolute Gasteiger partial charge is 0.454 e. The van der Waals surface area contributed by atoms with Crippen LogP contribution in [0.15, 0.2) is 36.4 Å². The zero-order chi connectivity index (χ0) is 20.3. The number of allylic oxidation sites excluding steroid dienone is 2. The lowest BCUT2D eigenvalue weighted by Crippen LogP contribution is -2.45. The van der Waals surface area contributed by atoms with E-state index in [1.165, 1.54) is 6.92 Å². The molecule has 3 amide bonds. The minimum Gasteiger partial charge on any atom is -0.454 e. The number of likely N-dealkylation sites (tertiary alicyclic amines) is 1. The van der Waals surface area contributed by atoms with Gasteiger partial charge in [-0.3, -0.25) is 19.3 Å². The highest BCUT2D eigenvalue weighted by atomic mass is 35.5. The number of fused-ring (bicyclic) bond motifs is 1. The number of hydrogen-bond donors (Lipinski definition) is 1. The van der Waals surface area contributed by atoms with Gasteiger partial charge in [0, 0.05) is 11.6 Å². The molecule has 1 aliphatic heterocycles. The van der Waals surface area contributed by atoms with Crippen LogP contribution in [-0.2, 0) is 30.5 Å². The SMILES string of the molecule is C[C@@H](C(=O)OCC(=O)NCc1ccccc1Cl)N1C(=O)[C@H]2CC=CC[C@H]2C1=O. The lowest BCUT2D eigenvalue weighted by molar-refractivity contribution is -0.159. The minimum absolute atomic E-state index is 0.199. The Morgan fingerprint density at radius 1 is 1.18 bits per heavy atom. The molecule has 0 saturated carbocycles. The quantitative estimate of drug-likeness (QED) is 0.443. The number of imide groups is 1. The molecule has 0 spiro atoms. The van der Waals surface area contributed by atoms with Crippen molar-refractivity contribution >= 4 is 35.3 Å². The third-order valence-electron chi connectivity index (χ3n) is 5.05. The van der Waals surface area contributed by atoms with Gasteiger partial charge in [0.25, 0.3) is 5.91 Å². The van der Waals surface area contributed by atoms with Crippen LogP contribution < -0.4 is 5.32 Å². The van der Waals surface area contributed by atoms with Gasteiger partial charge in [-0.25, -0.2) is 4.79 Å². The van der Waals surface area contributed by atoms with Crippen molar-refractivity contribution in [1.29, 1.82) is 0 Å². The lowest BCUT2D eigenvalue weighted by Gasteiger charge is -2.21. The molecule has 3 atom stereocenters. The van der Waals surface area contributed by atoms with Gasteiger partial charge < -0.3 is 10.1 Å². The van der Waals surface area contributed by atoms with E-state index in [4.69, 9.17) is 16.3 Å².